The second-order valence-corrected chi connectivity index (χ2v) is 7.87. The molecule has 170 valence electrons. The molecule has 1 atom stereocenters. The molecular weight excluding hydrogens is 433 g/mol. The molecule has 0 radical (unpaired) electrons. The molecule has 0 saturated heterocycles. The van der Waals surface area contributed by atoms with Crippen molar-refractivity contribution in [3.8, 4) is 17.1 Å². The van der Waals surface area contributed by atoms with E-state index in [1.807, 2.05) is 61.5 Å². The van der Waals surface area contributed by atoms with Crippen LogP contribution >= 0.6 is 0 Å². The summed E-state index contributed by atoms with van der Waals surface area (Å²) in [5, 5.41) is 10.9. The molecule has 0 spiro atoms. The number of aromatic nitrogens is 3. The number of carbonyl (C=O) groups is 1. The van der Waals surface area contributed by atoms with Crippen LogP contribution in [0.5, 0.6) is 5.75 Å². The number of amides is 1. The Kier molecular flexibility index (Phi) is 5.55. The summed E-state index contributed by atoms with van der Waals surface area (Å²) in [6, 6.07) is 22.1. The van der Waals surface area contributed by atoms with Gasteiger partial charge >= 0.3 is 0 Å². The van der Waals surface area contributed by atoms with Crippen molar-refractivity contribution in [2.24, 2.45) is 0 Å². The van der Waals surface area contributed by atoms with Crippen molar-refractivity contribution in [1.29, 1.82) is 0 Å². The first-order valence-corrected chi connectivity index (χ1v) is 10.7. The van der Waals surface area contributed by atoms with Crippen LogP contribution in [-0.4, -0.2) is 27.8 Å². The maximum absolute atomic E-state index is 13.7. The van der Waals surface area contributed by atoms with Crippen LogP contribution in [0.25, 0.3) is 11.4 Å². The van der Waals surface area contributed by atoms with E-state index in [1.54, 1.807) is 23.9 Å². The number of nitrogens with one attached hydrogen (secondary N) is 2. The Labute approximate surface area is 195 Å². The van der Waals surface area contributed by atoms with E-state index in [9.17, 15) is 9.18 Å². The normalized spacial score (nSPS) is 14.9. The van der Waals surface area contributed by atoms with Crippen LogP contribution in [0.2, 0.25) is 0 Å². The lowest BCUT2D eigenvalue weighted by molar-refractivity contribution is -0.113. The third-order valence-corrected chi connectivity index (χ3v) is 5.64. The molecule has 3 aromatic carbocycles. The summed E-state index contributed by atoms with van der Waals surface area (Å²) in [7, 11) is 1.60. The van der Waals surface area contributed by atoms with Gasteiger partial charge in [-0.1, -0.05) is 42.5 Å². The topological polar surface area (TPSA) is 81.1 Å². The predicted molar refractivity (Wildman–Crippen MR) is 128 cm³/mol. The monoisotopic (exact) mass is 455 g/mol. The molecule has 34 heavy (non-hydrogen) atoms. The van der Waals surface area contributed by atoms with E-state index < -0.39 is 6.04 Å². The molecule has 7 nitrogen and oxygen atoms in total. The van der Waals surface area contributed by atoms with Crippen LogP contribution in [0.3, 0.4) is 0 Å². The lowest BCUT2D eigenvalue weighted by Gasteiger charge is -2.28. The van der Waals surface area contributed by atoms with Crippen LogP contribution in [0.15, 0.2) is 90.1 Å². The van der Waals surface area contributed by atoms with Gasteiger partial charge in [-0.3, -0.25) is 4.79 Å². The lowest BCUT2D eigenvalue weighted by Crippen LogP contribution is -2.31. The van der Waals surface area contributed by atoms with Crippen molar-refractivity contribution in [3.63, 3.8) is 0 Å². The number of hydrogen-bond donors (Lipinski definition) is 2. The van der Waals surface area contributed by atoms with Crippen molar-refractivity contribution >= 4 is 17.5 Å². The Bertz CT molecular complexity index is 1380. The zero-order chi connectivity index (χ0) is 23.7. The lowest BCUT2D eigenvalue weighted by atomic mass is 9.95. The second kappa shape index (κ2) is 8.82. The molecule has 0 bridgehead atoms. The fraction of sp³-hybridized carbons (Fsp3) is 0.115. The van der Waals surface area contributed by atoms with Crippen molar-refractivity contribution in [2.75, 3.05) is 17.7 Å². The number of carbonyl (C=O) groups excluding carboxylic acids is 1. The van der Waals surface area contributed by atoms with E-state index in [1.165, 1.54) is 12.1 Å². The highest BCUT2D eigenvalue weighted by Crippen LogP contribution is 2.37. The van der Waals surface area contributed by atoms with E-state index in [4.69, 9.17) is 9.84 Å². The summed E-state index contributed by atoms with van der Waals surface area (Å²) >= 11 is 0. The smallest absolute Gasteiger partial charge is 0.255 e. The maximum atomic E-state index is 13.7. The maximum Gasteiger partial charge on any atom is 0.255 e. The number of benzene rings is 3. The highest BCUT2D eigenvalue weighted by molar-refractivity contribution is 6.06. The number of anilines is 2. The van der Waals surface area contributed by atoms with Crippen LogP contribution in [0, 0.1) is 5.82 Å². The summed E-state index contributed by atoms with van der Waals surface area (Å²) in [6.07, 6.45) is 0. The van der Waals surface area contributed by atoms with Crippen molar-refractivity contribution in [1.82, 2.24) is 14.8 Å². The highest BCUT2D eigenvalue weighted by Gasteiger charge is 2.34. The molecule has 4 aromatic rings. The zero-order valence-electron chi connectivity index (χ0n) is 18.6. The van der Waals surface area contributed by atoms with Gasteiger partial charge in [0.2, 0.25) is 5.95 Å². The minimum atomic E-state index is -0.604. The third kappa shape index (κ3) is 4.01. The predicted octanol–water partition coefficient (Wildman–Crippen LogP) is 5.02. The average Bonchev–Trinajstić information content (AvgIpc) is 3.28. The second-order valence-electron chi connectivity index (χ2n) is 7.87. The van der Waals surface area contributed by atoms with Gasteiger partial charge in [-0.05, 0) is 48.9 Å². The van der Waals surface area contributed by atoms with Crippen LogP contribution in [0.1, 0.15) is 18.5 Å². The third-order valence-electron chi connectivity index (χ3n) is 5.64. The van der Waals surface area contributed by atoms with Gasteiger partial charge in [0.15, 0.2) is 5.82 Å². The van der Waals surface area contributed by atoms with Gasteiger partial charge in [0.25, 0.3) is 5.91 Å². The number of fused-ring (bicyclic) bond motifs is 1. The number of hydrogen-bond acceptors (Lipinski definition) is 5. The number of para-hydroxylation sites is 1. The van der Waals surface area contributed by atoms with Crippen LogP contribution < -0.4 is 15.4 Å². The first kappa shape index (κ1) is 21.4. The van der Waals surface area contributed by atoms with Gasteiger partial charge in [0.1, 0.15) is 17.6 Å². The zero-order valence-corrected chi connectivity index (χ0v) is 18.6. The quantitative estimate of drug-likeness (QED) is 0.442. The Morgan fingerprint density at radius 3 is 2.56 bits per heavy atom. The number of methoxy groups -OCH3 is 1. The number of ether oxygens (including phenoxy) is 1. The van der Waals surface area contributed by atoms with Crippen LogP contribution in [-0.2, 0) is 4.79 Å². The molecule has 1 aliphatic rings. The Hall–Kier alpha value is -4.46. The summed E-state index contributed by atoms with van der Waals surface area (Å²) in [4.78, 5) is 18.1. The summed E-state index contributed by atoms with van der Waals surface area (Å²) in [6.45, 7) is 1.82. The molecule has 1 unspecified atom stereocenters. The van der Waals surface area contributed by atoms with Gasteiger partial charge < -0.3 is 15.4 Å². The van der Waals surface area contributed by atoms with E-state index in [0.717, 1.165) is 5.56 Å². The average molecular weight is 455 g/mol. The number of allylic oxidation sites excluding steroid dienone is 1. The minimum absolute atomic E-state index is 0.283. The SMILES string of the molecule is COc1cccc(-c2nc3n(n2)C(c2ccc(F)cc2)C(C(=O)Nc2ccccc2)=C(C)N3)c1. The first-order valence-electron chi connectivity index (χ1n) is 10.7. The van der Waals surface area contributed by atoms with Gasteiger partial charge in [-0.2, -0.15) is 4.98 Å². The van der Waals surface area contributed by atoms with E-state index in [2.05, 4.69) is 15.6 Å². The largest absolute Gasteiger partial charge is 0.497 e. The fourth-order valence-corrected chi connectivity index (χ4v) is 4.00. The Morgan fingerprint density at radius 2 is 1.82 bits per heavy atom. The molecule has 1 aliphatic heterocycles. The molecule has 0 aliphatic carbocycles. The summed E-state index contributed by atoms with van der Waals surface area (Å²) < 4.78 is 20.7. The minimum Gasteiger partial charge on any atom is -0.497 e. The Balaban J connectivity index is 1.60. The number of rotatable bonds is 5. The van der Waals surface area contributed by atoms with Gasteiger partial charge in [-0.25, -0.2) is 9.07 Å². The molecular formula is C26H22FN5O2. The standard InChI is InChI=1S/C26H22FN5O2/c1-16-22(25(33)29-20-8-4-3-5-9-20)23(17-11-13-19(27)14-12-17)32-26(28-16)30-24(31-32)18-7-6-10-21(15-18)34-2/h3-15,23H,1-2H3,(H,29,33)(H,28,30,31). The van der Waals surface area contributed by atoms with Gasteiger partial charge in [-0.15, -0.1) is 5.10 Å². The molecule has 1 amide bonds. The molecule has 5 rings (SSSR count). The summed E-state index contributed by atoms with van der Waals surface area (Å²) in [5.41, 5.74) is 3.26. The Morgan fingerprint density at radius 1 is 1.06 bits per heavy atom. The highest BCUT2D eigenvalue weighted by atomic mass is 19.1. The van der Waals surface area contributed by atoms with E-state index >= 15 is 0 Å². The first-order chi connectivity index (χ1) is 16.5. The molecule has 0 fully saturated rings. The molecule has 8 heteroatoms. The van der Waals surface area contributed by atoms with Gasteiger partial charge in [0.05, 0.1) is 12.7 Å². The van der Waals surface area contributed by atoms with Crippen molar-refractivity contribution < 1.29 is 13.9 Å². The number of halogens is 1. The fourth-order valence-electron chi connectivity index (χ4n) is 4.00. The van der Waals surface area contributed by atoms with Gasteiger partial charge in [0, 0.05) is 16.9 Å². The summed E-state index contributed by atoms with van der Waals surface area (Å²) in [5.74, 6) is 1.01. The molecule has 1 aromatic heterocycles. The van der Waals surface area contributed by atoms with E-state index in [0.29, 0.717) is 40.0 Å². The van der Waals surface area contributed by atoms with Crippen molar-refractivity contribution in [2.45, 2.75) is 13.0 Å². The molecule has 2 N–H and O–H groups in total. The molecule has 0 saturated carbocycles. The van der Waals surface area contributed by atoms with E-state index in [-0.39, 0.29) is 11.7 Å². The van der Waals surface area contributed by atoms with Crippen LogP contribution in [0.4, 0.5) is 16.0 Å². The van der Waals surface area contributed by atoms with Crippen molar-refractivity contribution in [3.05, 3.63) is 102 Å². The number of nitrogens with zero attached hydrogens (tertiary/aromatic N) is 3. The molecule has 2 heterocycles.